The van der Waals surface area contributed by atoms with Crippen LogP contribution in [-0.2, 0) is 16.1 Å². The van der Waals surface area contributed by atoms with Crippen LogP contribution in [0.5, 0.6) is 0 Å². The lowest BCUT2D eigenvalue weighted by molar-refractivity contribution is -0.130. The molecule has 0 unspecified atom stereocenters. The van der Waals surface area contributed by atoms with Gasteiger partial charge in [-0.05, 0) is 43.2 Å². The van der Waals surface area contributed by atoms with Crippen LogP contribution in [0.4, 0.5) is 0 Å². The Morgan fingerprint density at radius 2 is 2.00 bits per heavy atom. The molecule has 29 heavy (non-hydrogen) atoms. The number of carbonyl (C=O) groups is 1. The Bertz CT molecular complexity index is 929. The Labute approximate surface area is 175 Å². The van der Waals surface area contributed by atoms with E-state index < -0.39 is 0 Å². The molecule has 7 heteroatoms. The van der Waals surface area contributed by atoms with Crippen molar-refractivity contribution < 1.29 is 9.53 Å². The Morgan fingerprint density at radius 1 is 1.24 bits per heavy atom. The second-order valence-corrected chi connectivity index (χ2v) is 9.44. The zero-order valence-corrected chi connectivity index (χ0v) is 18.0. The quantitative estimate of drug-likeness (QED) is 0.554. The number of rotatable bonds is 5. The van der Waals surface area contributed by atoms with Gasteiger partial charge in [0.15, 0.2) is 5.16 Å². The molecule has 2 aromatic rings. The molecule has 2 fully saturated rings. The number of ether oxygens (including phenoxy) is 1. The Morgan fingerprint density at radius 3 is 2.72 bits per heavy atom. The maximum Gasteiger partial charge on any atom is 0.262 e. The lowest BCUT2D eigenvalue weighted by atomic mass is 9.92. The minimum atomic E-state index is -0.0544. The summed E-state index contributed by atoms with van der Waals surface area (Å²) in [5.41, 5.74) is 0.623. The second kappa shape index (κ2) is 8.88. The third kappa shape index (κ3) is 4.67. The van der Waals surface area contributed by atoms with Gasteiger partial charge in [0.05, 0.1) is 29.3 Å². The molecule has 2 aliphatic rings. The first kappa shape index (κ1) is 20.4. The van der Waals surface area contributed by atoms with Crippen LogP contribution in [0.25, 0.3) is 10.9 Å². The Kier molecular flexibility index (Phi) is 6.25. The van der Waals surface area contributed by atoms with Gasteiger partial charge in [-0.3, -0.25) is 14.2 Å². The average Bonchev–Trinajstić information content (AvgIpc) is 3.21. The SMILES string of the molecule is C[C@@H]1C[C@@H](C)CN(C(=O)CSc2nc3ccccc3c(=O)n2C[C@@H]2CCCO2)C1. The van der Waals surface area contributed by atoms with Crippen molar-refractivity contribution in [3.8, 4) is 0 Å². The molecule has 1 aromatic carbocycles. The minimum absolute atomic E-state index is 0.0366. The van der Waals surface area contributed by atoms with Gasteiger partial charge in [-0.2, -0.15) is 0 Å². The number of likely N-dealkylation sites (tertiary alicyclic amines) is 1. The van der Waals surface area contributed by atoms with Crippen molar-refractivity contribution in [2.24, 2.45) is 11.8 Å². The molecular formula is C22H29N3O3S. The van der Waals surface area contributed by atoms with Crippen LogP contribution in [0.2, 0.25) is 0 Å². The van der Waals surface area contributed by atoms with Gasteiger partial charge in [0.1, 0.15) is 0 Å². The van der Waals surface area contributed by atoms with E-state index in [1.54, 1.807) is 4.57 Å². The molecule has 156 valence electrons. The Balaban J connectivity index is 1.56. The third-order valence-electron chi connectivity index (χ3n) is 5.78. The normalized spacial score (nSPS) is 24.9. The molecule has 0 spiro atoms. The number of piperidine rings is 1. The summed E-state index contributed by atoms with van der Waals surface area (Å²) in [4.78, 5) is 32.7. The smallest absolute Gasteiger partial charge is 0.262 e. The maximum atomic E-state index is 13.1. The third-order valence-corrected chi connectivity index (χ3v) is 6.74. The molecule has 2 saturated heterocycles. The van der Waals surface area contributed by atoms with Gasteiger partial charge in [0.2, 0.25) is 5.91 Å². The second-order valence-electron chi connectivity index (χ2n) is 8.50. The van der Waals surface area contributed by atoms with Crippen molar-refractivity contribution in [2.45, 2.75) is 50.9 Å². The van der Waals surface area contributed by atoms with Gasteiger partial charge in [-0.15, -0.1) is 0 Å². The van der Waals surface area contributed by atoms with Crippen molar-refractivity contribution in [3.05, 3.63) is 34.6 Å². The summed E-state index contributed by atoms with van der Waals surface area (Å²) < 4.78 is 7.46. The molecule has 0 radical (unpaired) electrons. The van der Waals surface area contributed by atoms with Gasteiger partial charge in [0, 0.05) is 19.7 Å². The first-order chi connectivity index (χ1) is 14.0. The number of aromatic nitrogens is 2. The summed E-state index contributed by atoms with van der Waals surface area (Å²) in [6.45, 7) is 7.27. The summed E-state index contributed by atoms with van der Waals surface area (Å²) in [7, 11) is 0. The zero-order chi connectivity index (χ0) is 20.4. The lowest BCUT2D eigenvalue weighted by Gasteiger charge is -2.35. The van der Waals surface area contributed by atoms with Crippen molar-refractivity contribution in [1.82, 2.24) is 14.5 Å². The summed E-state index contributed by atoms with van der Waals surface area (Å²) in [5, 5.41) is 1.22. The number of amides is 1. The van der Waals surface area contributed by atoms with E-state index in [2.05, 4.69) is 13.8 Å². The minimum Gasteiger partial charge on any atom is -0.376 e. The monoisotopic (exact) mass is 415 g/mol. The van der Waals surface area contributed by atoms with Crippen LogP contribution in [0.15, 0.2) is 34.2 Å². The van der Waals surface area contributed by atoms with E-state index in [1.165, 1.54) is 18.2 Å². The summed E-state index contributed by atoms with van der Waals surface area (Å²) in [5.74, 6) is 1.49. The van der Waals surface area contributed by atoms with Gasteiger partial charge in [-0.1, -0.05) is 37.7 Å². The number of para-hydroxylation sites is 1. The number of nitrogens with zero attached hydrogens (tertiary/aromatic N) is 3. The van der Waals surface area contributed by atoms with Gasteiger partial charge >= 0.3 is 0 Å². The van der Waals surface area contributed by atoms with Crippen molar-refractivity contribution in [3.63, 3.8) is 0 Å². The fourth-order valence-corrected chi connectivity index (χ4v) is 5.41. The highest BCUT2D eigenvalue weighted by Gasteiger charge is 2.26. The van der Waals surface area contributed by atoms with Crippen LogP contribution in [-0.4, -0.2) is 51.9 Å². The van der Waals surface area contributed by atoms with Gasteiger partial charge < -0.3 is 9.64 Å². The predicted molar refractivity (Wildman–Crippen MR) is 115 cm³/mol. The molecule has 2 aliphatic heterocycles. The maximum absolute atomic E-state index is 13.1. The number of thioether (sulfide) groups is 1. The molecule has 6 nitrogen and oxygen atoms in total. The topological polar surface area (TPSA) is 64.4 Å². The number of hydrogen-bond donors (Lipinski definition) is 0. The van der Waals surface area contributed by atoms with Crippen LogP contribution < -0.4 is 5.56 Å². The van der Waals surface area contributed by atoms with E-state index in [9.17, 15) is 9.59 Å². The predicted octanol–water partition coefficient (Wildman–Crippen LogP) is 3.17. The average molecular weight is 416 g/mol. The highest BCUT2D eigenvalue weighted by molar-refractivity contribution is 7.99. The zero-order valence-electron chi connectivity index (χ0n) is 17.2. The number of benzene rings is 1. The van der Waals surface area contributed by atoms with E-state index in [0.29, 0.717) is 40.2 Å². The summed E-state index contributed by atoms with van der Waals surface area (Å²) in [6, 6.07) is 7.41. The molecule has 1 amide bonds. The summed E-state index contributed by atoms with van der Waals surface area (Å²) in [6.07, 6.45) is 3.18. The standard InChI is InChI=1S/C22H29N3O3S/c1-15-10-16(2)12-24(11-15)20(26)14-29-22-23-19-8-4-3-7-18(19)21(27)25(22)13-17-6-5-9-28-17/h3-4,7-8,15-17H,5-6,9-14H2,1-2H3/t15-,16-,17+/m1/s1. The Hall–Kier alpha value is -1.86. The fourth-order valence-electron chi connectivity index (χ4n) is 4.49. The van der Waals surface area contributed by atoms with Crippen LogP contribution >= 0.6 is 11.8 Å². The highest BCUT2D eigenvalue weighted by atomic mass is 32.2. The van der Waals surface area contributed by atoms with Gasteiger partial charge in [0.25, 0.3) is 5.56 Å². The molecule has 1 aromatic heterocycles. The molecule has 3 atom stereocenters. The van der Waals surface area contributed by atoms with Crippen LogP contribution in [0, 0.1) is 11.8 Å². The van der Waals surface area contributed by atoms with E-state index in [4.69, 9.17) is 9.72 Å². The lowest BCUT2D eigenvalue weighted by Crippen LogP contribution is -2.43. The van der Waals surface area contributed by atoms with Crippen molar-refractivity contribution >= 4 is 28.6 Å². The van der Waals surface area contributed by atoms with E-state index >= 15 is 0 Å². The fraction of sp³-hybridized carbons (Fsp3) is 0.591. The number of carbonyl (C=O) groups excluding carboxylic acids is 1. The van der Waals surface area contributed by atoms with Crippen molar-refractivity contribution in [2.75, 3.05) is 25.4 Å². The first-order valence-corrected chi connectivity index (χ1v) is 11.5. The molecule has 3 heterocycles. The molecule has 0 N–H and O–H groups in total. The number of fused-ring (bicyclic) bond motifs is 1. The van der Waals surface area contributed by atoms with E-state index in [0.717, 1.165) is 32.5 Å². The van der Waals surface area contributed by atoms with Crippen LogP contribution in [0.1, 0.15) is 33.1 Å². The molecule has 0 bridgehead atoms. The molecule has 4 rings (SSSR count). The highest BCUT2D eigenvalue weighted by Crippen LogP contribution is 2.24. The van der Waals surface area contributed by atoms with Crippen LogP contribution in [0.3, 0.4) is 0 Å². The van der Waals surface area contributed by atoms with E-state index in [-0.39, 0.29) is 17.6 Å². The van der Waals surface area contributed by atoms with Crippen molar-refractivity contribution in [1.29, 1.82) is 0 Å². The first-order valence-electron chi connectivity index (χ1n) is 10.5. The molecular weight excluding hydrogens is 386 g/mol. The number of hydrogen-bond acceptors (Lipinski definition) is 5. The largest absolute Gasteiger partial charge is 0.376 e. The van der Waals surface area contributed by atoms with E-state index in [1.807, 2.05) is 29.2 Å². The molecule has 0 aliphatic carbocycles. The summed E-state index contributed by atoms with van der Waals surface area (Å²) >= 11 is 1.37. The van der Waals surface area contributed by atoms with Gasteiger partial charge in [-0.25, -0.2) is 4.98 Å². The molecule has 0 saturated carbocycles.